The van der Waals surface area contributed by atoms with Crippen molar-refractivity contribution < 1.29 is 38.5 Å². The van der Waals surface area contributed by atoms with E-state index in [4.69, 9.17) is 18.9 Å². The van der Waals surface area contributed by atoms with Crippen LogP contribution in [0.25, 0.3) is 33.5 Å². The van der Waals surface area contributed by atoms with E-state index in [9.17, 15) is 19.7 Å². The van der Waals surface area contributed by atoms with Gasteiger partial charge in [0.15, 0.2) is 0 Å². The van der Waals surface area contributed by atoms with Gasteiger partial charge in [-0.1, -0.05) is 54.6 Å². The number of imidazole rings is 1. The first-order valence-electron chi connectivity index (χ1n) is 15.6. The molecule has 16 heteroatoms. The average molecular weight is 674 g/mol. The molecule has 0 saturated heterocycles. The maximum atomic E-state index is 13.4. The van der Waals surface area contributed by atoms with Crippen LogP contribution in [0.1, 0.15) is 56.0 Å². The van der Waals surface area contributed by atoms with Crippen molar-refractivity contribution in [3.63, 3.8) is 0 Å². The van der Waals surface area contributed by atoms with Gasteiger partial charge in [-0.25, -0.2) is 9.59 Å². The highest BCUT2D eigenvalue weighted by atomic mass is 17.0. The second kappa shape index (κ2) is 16.2. The number of hydrogen-bond donors (Lipinski definition) is 1. The van der Waals surface area contributed by atoms with Gasteiger partial charge in [0.2, 0.25) is 12.1 Å². The molecule has 0 aliphatic heterocycles. The number of hydrogen-bond acceptors (Lipinski definition) is 13. The largest absolute Gasteiger partial charge is 0.511 e. The maximum Gasteiger partial charge on any atom is 0.511 e. The summed E-state index contributed by atoms with van der Waals surface area (Å²) >= 11 is 0. The first-order valence-corrected chi connectivity index (χ1v) is 15.6. The fourth-order valence-electron chi connectivity index (χ4n) is 5.19. The molecule has 2 heterocycles. The summed E-state index contributed by atoms with van der Waals surface area (Å²) in [5.41, 5.74) is 4.88. The van der Waals surface area contributed by atoms with Crippen molar-refractivity contribution in [1.82, 2.24) is 30.2 Å². The average Bonchev–Trinajstić information content (AvgIpc) is 3.73. The summed E-state index contributed by atoms with van der Waals surface area (Å²) in [6.45, 7) is 5.54. The number of aromatic nitrogens is 6. The van der Waals surface area contributed by atoms with Crippen LogP contribution in [-0.2, 0) is 25.6 Å². The molecule has 5 aromatic rings. The molecular formula is C33H35N7O9. The van der Waals surface area contributed by atoms with Gasteiger partial charge in [0, 0.05) is 12.5 Å². The van der Waals surface area contributed by atoms with Crippen LogP contribution in [0.5, 0.6) is 6.01 Å². The third kappa shape index (κ3) is 8.85. The number of H-pyrrole nitrogens is 1. The summed E-state index contributed by atoms with van der Waals surface area (Å²) < 4.78 is 23.3. The van der Waals surface area contributed by atoms with E-state index < -0.39 is 29.6 Å². The van der Waals surface area contributed by atoms with Crippen LogP contribution < -0.4 is 4.74 Å². The number of ether oxygens (including phenoxy) is 4. The molecule has 16 nitrogen and oxygen atoms in total. The van der Waals surface area contributed by atoms with Gasteiger partial charge in [-0.3, -0.25) is 4.57 Å². The number of fused-ring (bicyclic) bond motifs is 1. The highest BCUT2D eigenvalue weighted by molar-refractivity contribution is 6.02. The van der Waals surface area contributed by atoms with E-state index in [-0.39, 0.29) is 12.2 Å². The number of carbonyl (C=O) groups is 2. The quantitative estimate of drug-likeness (QED) is 0.0437. The lowest BCUT2D eigenvalue weighted by Crippen LogP contribution is -2.23. The van der Waals surface area contributed by atoms with Gasteiger partial charge in [0.05, 0.1) is 36.4 Å². The molecule has 1 N–H and O–H groups in total. The van der Waals surface area contributed by atoms with Crippen LogP contribution in [0, 0.1) is 10.1 Å². The zero-order valence-electron chi connectivity index (χ0n) is 27.1. The minimum Gasteiger partial charge on any atom is -0.465 e. The maximum absolute atomic E-state index is 13.4. The Bertz CT molecular complexity index is 1880. The van der Waals surface area contributed by atoms with Gasteiger partial charge in [0.25, 0.3) is 11.1 Å². The van der Waals surface area contributed by atoms with E-state index in [1.54, 1.807) is 29.7 Å². The lowest BCUT2D eigenvalue weighted by molar-refractivity contribution is -0.767. The molecule has 256 valence electrons. The second-order valence-electron chi connectivity index (χ2n) is 10.9. The molecule has 0 aliphatic rings. The van der Waals surface area contributed by atoms with Crippen LogP contribution in [0.2, 0.25) is 0 Å². The fraction of sp³-hybridized carbons (Fsp3) is 0.333. The first kappa shape index (κ1) is 34.3. The highest BCUT2D eigenvalue weighted by Gasteiger charge is 2.23. The summed E-state index contributed by atoms with van der Waals surface area (Å²) in [5, 5.41) is 23.9. The van der Waals surface area contributed by atoms with Crippen molar-refractivity contribution >= 4 is 23.2 Å². The molecule has 5 rings (SSSR count). The lowest BCUT2D eigenvalue weighted by atomic mass is 9.98. The van der Waals surface area contributed by atoms with Gasteiger partial charge in [-0.2, -0.15) is 10.2 Å². The number of aromatic amines is 1. The molecule has 0 radical (unpaired) electrons. The van der Waals surface area contributed by atoms with Crippen molar-refractivity contribution in [3.05, 3.63) is 88.0 Å². The Morgan fingerprint density at radius 3 is 2.47 bits per heavy atom. The summed E-state index contributed by atoms with van der Waals surface area (Å²) in [7, 11) is 0. The van der Waals surface area contributed by atoms with E-state index in [1.165, 1.54) is 6.92 Å². The predicted octanol–water partition coefficient (Wildman–Crippen LogP) is 5.75. The summed E-state index contributed by atoms with van der Waals surface area (Å²) in [6, 6.07) is 21.1. The summed E-state index contributed by atoms with van der Waals surface area (Å²) in [5.74, 6) is -0.241. The van der Waals surface area contributed by atoms with Crippen LogP contribution in [0.3, 0.4) is 0 Å². The van der Waals surface area contributed by atoms with Crippen LogP contribution in [0.4, 0.5) is 4.79 Å². The molecule has 2 atom stereocenters. The second-order valence-corrected chi connectivity index (χ2v) is 10.9. The standard InChI is InChI=1S/C33H35N7O9/c1-4-45-32-34-28-14-9-13-27(31(41)47-22(3)48-33(42)46-19-8-7-10-21(2)49-40(43)44)29(28)39(32)20-23-15-17-24(18-16-23)25-11-5-6-12-26(25)30-35-37-38-36-30/h5-6,9,11-18,21-22H,4,7-8,10,19-20H2,1-3H3,(H,35,36,37,38)/t21-,22?/m1/s1. The zero-order chi connectivity index (χ0) is 34.8. The molecule has 49 heavy (non-hydrogen) atoms. The minimum absolute atomic E-state index is 0.0235. The Labute approximate surface area is 280 Å². The molecule has 0 spiro atoms. The number of benzene rings is 3. The molecular weight excluding hydrogens is 638 g/mol. The molecule has 0 amide bonds. The first-order chi connectivity index (χ1) is 23.7. The van der Waals surface area contributed by atoms with Crippen molar-refractivity contribution in [2.45, 2.75) is 59.0 Å². The molecule has 0 bridgehead atoms. The Morgan fingerprint density at radius 1 is 0.980 bits per heavy atom. The number of tetrazole rings is 1. The number of carbonyl (C=O) groups excluding carboxylic acids is 2. The third-order valence-corrected chi connectivity index (χ3v) is 7.37. The summed E-state index contributed by atoms with van der Waals surface area (Å²) in [4.78, 5) is 45.0. The Hall–Kier alpha value is -6.06. The van der Waals surface area contributed by atoms with Gasteiger partial charge in [0.1, 0.15) is 6.10 Å². The number of unbranched alkanes of at least 4 members (excludes halogenated alkanes) is 1. The van der Waals surface area contributed by atoms with Crippen LogP contribution >= 0.6 is 0 Å². The normalized spacial score (nSPS) is 12.2. The lowest BCUT2D eigenvalue weighted by Gasteiger charge is -2.15. The SMILES string of the molecule is CCOc1nc2cccc(C(=O)OC(C)OC(=O)OCCCC[C@@H](C)O[N+](=O)[O-])c2n1Cc1ccc(-c2ccccc2-c2nn[nH]n2)cc1. The highest BCUT2D eigenvalue weighted by Crippen LogP contribution is 2.31. The Morgan fingerprint density at radius 2 is 1.76 bits per heavy atom. The van der Waals surface area contributed by atoms with Crippen molar-refractivity contribution in [1.29, 1.82) is 0 Å². The minimum atomic E-state index is -1.26. The van der Waals surface area contributed by atoms with Gasteiger partial charge in [-0.05, 0) is 67.1 Å². The topological polar surface area (TPSA) is 196 Å². The fourth-order valence-corrected chi connectivity index (χ4v) is 5.19. The van der Waals surface area contributed by atoms with E-state index in [1.807, 2.05) is 55.5 Å². The Balaban J connectivity index is 1.26. The van der Waals surface area contributed by atoms with Crippen molar-refractivity contribution in [2.24, 2.45) is 0 Å². The zero-order valence-corrected chi connectivity index (χ0v) is 27.1. The molecule has 0 aliphatic carbocycles. The smallest absolute Gasteiger partial charge is 0.465 e. The predicted molar refractivity (Wildman–Crippen MR) is 174 cm³/mol. The van der Waals surface area contributed by atoms with E-state index in [2.05, 4.69) is 30.4 Å². The monoisotopic (exact) mass is 673 g/mol. The van der Waals surface area contributed by atoms with Gasteiger partial charge < -0.3 is 23.8 Å². The molecule has 3 aromatic carbocycles. The Kier molecular flexibility index (Phi) is 11.3. The van der Waals surface area contributed by atoms with Crippen LogP contribution in [0.15, 0.2) is 66.7 Å². The van der Waals surface area contributed by atoms with Gasteiger partial charge >= 0.3 is 12.1 Å². The van der Waals surface area contributed by atoms with Crippen molar-refractivity contribution in [2.75, 3.05) is 13.2 Å². The van der Waals surface area contributed by atoms with Crippen LogP contribution in [-0.4, -0.2) is 73.0 Å². The number of rotatable bonds is 16. The summed E-state index contributed by atoms with van der Waals surface area (Å²) in [6.07, 6.45) is -1.44. The molecule has 1 unspecified atom stereocenters. The molecule has 2 aromatic heterocycles. The van der Waals surface area contributed by atoms with E-state index in [0.29, 0.717) is 55.3 Å². The molecule has 0 fully saturated rings. The van der Waals surface area contributed by atoms with Crippen molar-refractivity contribution in [3.8, 4) is 28.5 Å². The third-order valence-electron chi connectivity index (χ3n) is 7.37. The number of nitrogens with zero attached hydrogens (tertiary/aromatic N) is 6. The number of esters is 1. The van der Waals surface area contributed by atoms with E-state index >= 15 is 0 Å². The number of nitrogens with one attached hydrogen (secondary N) is 1. The number of para-hydroxylation sites is 1. The van der Waals surface area contributed by atoms with E-state index in [0.717, 1.165) is 22.3 Å². The molecule has 0 saturated carbocycles. The van der Waals surface area contributed by atoms with Gasteiger partial charge in [-0.15, -0.1) is 20.3 Å².